The van der Waals surface area contributed by atoms with Gasteiger partial charge in [-0.15, -0.1) is 0 Å². The third-order valence-corrected chi connectivity index (χ3v) is 9.07. The Morgan fingerprint density at radius 2 is 1.77 bits per heavy atom. The number of carbonyl (C=O) groups is 2. The summed E-state index contributed by atoms with van der Waals surface area (Å²) < 4.78 is 22.9. The fourth-order valence-corrected chi connectivity index (χ4v) is 8.35. The maximum Gasteiger partial charge on any atom is 0.342 e. The molecule has 0 bridgehead atoms. The number of aliphatic hydroxyl groups excluding tert-OH is 3. The van der Waals surface area contributed by atoms with Gasteiger partial charge in [-0.25, -0.2) is 9.59 Å². The fraction of sp³-hybridized carbons (Fsp3) is 0.900. The standard InChI is InChI=1S/C20H26O10/c1-6-12(23)27-7-5-17-11-8(21)9(16(2,3)4)18(17)10(22)13(24)29-15(18)30-20(17,14(25)28-11)19(6,7)26/h6-12,15,21-23,26H,5H2,1-4H3/t6-,7?,8-,9+,10+,11?,12?,15?,17?,18?,19-,20?/m1/s1. The van der Waals surface area contributed by atoms with E-state index in [1.54, 1.807) is 0 Å². The van der Waals surface area contributed by atoms with Crippen LogP contribution in [-0.2, 0) is 28.5 Å². The molecule has 6 fully saturated rings. The Hall–Kier alpha value is -1.30. The van der Waals surface area contributed by atoms with Crippen LogP contribution in [0.15, 0.2) is 0 Å². The molecule has 0 aromatic carbocycles. The molecule has 6 aliphatic rings. The normalized spacial score (nSPS) is 62.8. The second-order valence-electron chi connectivity index (χ2n) is 10.9. The first-order valence-corrected chi connectivity index (χ1v) is 10.3. The van der Waals surface area contributed by atoms with Gasteiger partial charge in [0.2, 0.25) is 11.9 Å². The van der Waals surface area contributed by atoms with Crippen LogP contribution in [0.2, 0.25) is 0 Å². The maximum absolute atomic E-state index is 13.4. The van der Waals surface area contributed by atoms with Crippen molar-refractivity contribution in [2.45, 2.75) is 82.3 Å². The van der Waals surface area contributed by atoms with Crippen LogP contribution in [0.25, 0.3) is 0 Å². The molecule has 4 aliphatic heterocycles. The van der Waals surface area contributed by atoms with Gasteiger partial charge in [-0.05, 0) is 11.8 Å². The van der Waals surface area contributed by atoms with Crippen molar-refractivity contribution in [2.24, 2.45) is 28.1 Å². The van der Waals surface area contributed by atoms with E-state index in [2.05, 4.69) is 0 Å². The molecule has 2 spiro atoms. The number of rotatable bonds is 0. The summed E-state index contributed by atoms with van der Waals surface area (Å²) in [7, 11) is 0. The second-order valence-corrected chi connectivity index (χ2v) is 10.9. The molecule has 0 radical (unpaired) electrons. The third-order valence-electron chi connectivity index (χ3n) is 9.07. The van der Waals surface area contributed by atoms with Crippen molar-refractivity contribution in [3.8, 4) is 0 Å². The average molecular weight is 426 g/mol. The van der Waals surface area contributed by atoms with Gasteiger partial charge in [0.15, 0.2) is 12.4 Å². The van der Waals surface area contributed by atoms with Gasteiger partial charge < -0.3 is 39.4 Å². The topological polar surface area (TPSA) is 152 Å². The first-order chi connectivity index (χ1) is 13.8. The summed E-state index contributed by atoms with van der Waals surface area (Å²) >= 11 is 0. The van der Waals surface area contributed by atoms with Crippen molar-refractivity contribution >= 4 is 11.9 Å². The van der Waals surface area contributed by atoms with E-state index in [1.807, 2.05) is 20.8 Å². The van der Waals surface area contributed by atoms with Gasteiger partial charge in [-0.3, -0.25) is 0 Å². The summed E-state index contributed by atoms with van der Waals surface area (Å²) in [5, 5.41) is 44.8. The highest BCUT2D eigenvalue weighted by Crippen LogP contribution is 2.84. The predicted octanol–water partition coefficient (Wildman–Crippen LogP) is -1.58. The van der Waals surface area contributed by atoms with Crippen LogP contribution in [0.3, 0.4) is 0 Å². The first kappa shape index (κ1) is 19.4. The molecule has 10 nitrogen and oxygen atoms in total. The van der Waals surface area contributed by atoms with Crippen LogP contribution in [-0.4, -0.2) is 80.6 Å². The highest BCUT2D eigenvalue weighted by atomic mass is 16.8. The molecule has 10 heteroatoms. The molecule has 2 aliphatic carbocycles. The van der Waals surface area contributed by atoms with Gasteiger partial charge in [0, 0.05) is 11.8 Å². The molecule has 4 N–H and O–H groups in total. The number of carbonyl (C=O) groups excluding carboxylic acids is 2. The molecule has 0 aromatic rings. The van der Waals surface area contributed by atoms with Crippen molar-refractivity contribution in [3.05, 3.63) is 0 Å². The number of ether oxygens (including phenoxy) is 4. The summed E-state index contributed by atoms with van der Waals surface area (Å²) in [4.78, 5) is 25.9. The molecule has 4 saturated heterocycles. The summed E-state index contributed by atoms with van der Waals surface area (Å²) in [5.74, 6) is -3.48. The number of hydrogen-bond donors (Lipinski definition) is 4. The van der Waals surface area contributed by atoms with Gasteiger partial charge in [-0.2, -0.15) is 0 Å². The lowest BCUT2D eigenvalue weighted by molar-refractivity contribution is -0.239. The SMILES string of the molecule is C[C@@H]1C(O)OC2CC34C5OC(=O)C3(OC3OC(=O)[C@H](O)C34[C@H](C(C)(C)C)[C@H]5O)[C@]21O. The molecule has 0 aromatic heterocycles. The van der Waals surface area contributed by atoms with Crippen LogP contribution in [0.5, 0.6) is 0 Å². The van der Waals surface area contributed by atoms with Crippen molar-refractivity contribution < 1.29 is 49.0 Å². The van der Waals surface area contributed by atoms with Gasteiger partial charge in [-0.1, -0.05) is 27.7 Å². The van der Waals surface area contributed by atoms with Crippen molar-refractivity contribution in [2.75, 3.05) is 0 Å². The van der Waals surface area contributed by atoms with Crippen molar-refractivity contribution in [1.82, 2.24) is 0 Å². The molecule has 4 heterocycles. The van der Waals surface area contributed by atoms with E-state index in [4.69, 9.17) is 18.9 Å². The summed E-state index contributed by atoms with van der Waals surface area (Å²) in [6, 6.07) is 0. The molecular weight excluding hydrogens is 400 g/mol. The van der Waals surface area contributed by atoms with E-state index in [-0.39, 0.29) is 6.42 Å². The second kappa shape index (κ2) is 4.87. The van der Waals surface area contributed by atoms with E-state index < -0.39 is 88.2 Å². The van der Waals surface area contributed by atoms with Gasteiger partial charge in [0.1, 0.15) is 11.7 Å². The number of hydrogen-bond acceptors (Lipinski definition) is 10. The third kappa shape index (κ3) is 1.41. The molecule has 12 atom stereocenters. The summed E-state index contributed by atoms with van der Waals surface area (Å²) in [6.07, 6.45) is -7.80. The van der Waals surface area contributed by atoms with E-state index in [9.17, 15) is 30.0 Å². The molecule has 30 heavy (non-hydrogen) atoms. The quantitative estimate of drug-likeness (QED) is 0.334. The smallest absolute Gasteiger partial charge is 0.342 e. The largest absolute Gasteiger partial charge is 0.457 e. The van der Waals surface area contributed by atoms with Crippen molar-refractivity contribution in [1.29, 1.82) is 0 Å². The average Bonchev–Trinajstić information content (AvgIpc) is 3.32. The lowest BCUT2D eigenvalue weighted by Gasteiger charge is -2.46. The monoisotopic (exact) mass is 426 g/mol. The molecule has 0 amide bonds. The van der Waals surface area contributed by atoms with Gasteiger partial charge in [0.05, 0.1) is 23.0 Å². The molecule has 7 unspecified atom stereocenters. The lowest BCUT2D eigenvalue weighted by Crippen LogP contribution is -2.66. The first-order valence-electron chi connectivity index (χ1n) is 10.3. The summed E-state index contributed by atoms with van der Waals surface area (Å²) in [6.45, 7) is 7.11. The molecule has 6 rings (SSSR count). The minimum atomic E-state index is -2.06. The van der Waals surface area contributed by atoms with Crippen LogP contribution < -0.4 is 0 Å². The minimum absolute atomic E-state index is 0.0465. The Morgan fingerprint density at radius 1 is 1.10 bits per heavy atom. The van der Waals surface area contributed by atoms with E-state index in [0.717, 1.165) is 0 Å². The predicted molar refractivity (Wildman–Crippen MR) is 93.0 cm³/mol. The van der Waals surface area contributed by atoms with E-state index in [1.165, 1.54) is 6.92 Å². The minimum Gasteiger partial charge on any atom is -0.457 e. The van der Waals surface area contributed by atoms with Crippen LogP contribution in [0, 0.1) is 28.1 Å². The van der Waals surface area contributed by atoms with Gasteiger partial charge >= 0.3 is 11.9 Å². The Morgan fingerprint density at radius 3 is 2.40 bits per heavy atom. The molecular formula is C20H26O10. The fourth-order valence-electron chi connectivity index (χ4n) is 8.35. The van der Waals surface area contributed by atoms with Gasteiger partial charge in [0.25, 0.3) is 0 Å². The number of aliphatic hydroxyl groups is 4. The lowest BCUT2D eigenvalue weighted by atomic mass is 9.51. The Balaban J connectivity index is 1.70. The zero-order valence-corrected chi connectivity index (χ0v) is 17.1. The van der Waals surface area contributed by atoms with Crippen LogP contribution in [0.1, 0.15) is 34.1 Å². The van der Waals surface area contributed by atoms with E-state index in [0.29, 0.717) is 0 Å². The van der Waals surface area contributed by atoms with Crippen molar-refractivity contribution in [3.63, 3.8) is 0 Å². The number of fused-ring (bicyclic) bond motifs is 1. The molecule has 166 valence electrons. The Labute approximate surface area is 172 Å². The Kier molecular flexibility index (Phi) is 3.15. The Bertz CT molecular complexity index is 883. The highest BCUT2D eigenvalue weighted by Gasteiger charge is 3.02. The zero-order chi connectivity index (χ0) is 21.8. The molecule has 2 saturated carbocycles. The summed E-state index contributed by atoms with van der Waals surface area (Å²) in [5.41, 5.74) is -7.71. The number of esters is 2. The maximum atomic E-state index is 13.4. The zero-order valence-electron chi connectivity index (χ0n) is 17.1. The van der Waals surface area contributed by atoms with E-state index >= 15 is 0 Å². The van der Waals surface area contributed by atoms with Crippen LogP contribution in [0.4, 0.5) is 0 Å². The van der Waals surface area contributed by atoms with Crippen LogP contribution >= 0.6 is 0 Å². The highest BCUT2D eigenvalue weighted by molar-refractivity contribution is 5.91.